The topological polar surface area (TPSA) is 126 Å². The minimum absolute atomic E-state index is 0.0292. The molecule has 0 spiro atoms. The third-order valence-corrected chi connectivity index (χ3v) is 10.4. The Labute approximate surface area is 178 Å². The van der Waals surface area contributed by atoms with Crippen molar-refractivity contribution in [2.75, 3.05) is 18.2 Å². The fraction of sp³-hybridized carbons (Fsp3) is 0.722. The van der Waals surface area contributed by atoms with Crippen LogP contribution in [0.15, 0.2) is 17.1 Å². The minimum atomic E-state index is -3.73. The first-order chi connectivity index (χ1) is 13.6. The van der Waals surface area contributed by atoms with Gasteiger partial charge in [-0.1, -0.05) is 20.8 Å². The van der Waals surface area contributed by atoms with E-state index in [-0.39, 0.29) is 29.8 Å². The van der Waals surface area contributed by atoms with Gasteiger partial charge in [-0.2, -0.15) is 13.4 Å². The lowest BCUT2D eigenvalue weighted by Crippen LogP contribution is -2.44. The van der Waals surface area contributed by atoms with Crippen molar-refractivity contribution >= 4 is 30.2 Å². The SMILES string of the molecule is CC(=O)Nc1ccn([C@@H]2C[C@H](OS(C)(=O)=O)[C@@H](CO[Si](C)(C)C(C)(C)C)O2)c(=O)n1. The van der Waals surface area contributed by atoms with E-state index in [1.807, 2.05) is 0 Å². The number of nitrogens with one attached hydrogen (secondary N) is 1. The molecule has 12 heteroatoms. The summed E-state index contributed by atoms with van der Waals surface area (Å²) >= 11 is 0. The molecule has 1 aromatic heterocycles. The number of amides is 1. The van der Waals surface area contributed by atoms with Crippen molar-refractivity contribution in [1.82, 2.24) is 9.55 Å². The van der Waals surface area contributed by atoms with Crippen LogP contribution in [0.25, 0.3) is 0 Å². The van der Waals surface area contributed by atoms with Gasteiger partial charge in [-0.05, 0) is 24.2 Å². The molecule has 0 aliphatic carbocycles. The quantitative estimate of drug-likeness (QED) is 0.482. The fourth-order valence-corrected chi connectivity index (χ4v) is 4.40. The van der Waals surface area contributed by atoms with Crippen LogP contribution >= 0.6 is 0 Å². The molecule has 2 heterocycles. The van der Waals surface area contributed by atoms with E-state index >= 15 is 0 Å². The standard InChI is InChI=1S/C18H31N3O7SSi/c1-12(22)19-15-8-9-21(17(23)20-15)16-10-13(28-29(5,24)25)14(27-16)11-26-30(6,7)18(2,3)4/h8-9,13-14,16H,10-11H2,1-7H3,(H,19,20,22,23)/t13-,14+,16-/m0/s1. The van der Waals surface area contributed by atoms with Gasteiger partial charge in [0.2, 0.25) is 5.91 Å². The lowest BCUT2D eigenvalue weighted by atomic mass is 10.2. The molecule has 1 saturated heterocycles. The van der Waals surface area contributed by atoms with E-state index in [1.54, 1.807) is 0 Å². The first-order valence-electron chi connectivity index (χ1n) is 9.63. The highest BCUT2D eigenvalue weighted by molar-refractivity contribution is 7.86. The summed E-state index contributed by atoms with van der Waals surface area (Å²) in [4.78, 5) is 27.3. The zero-order chi connectivity index (χ0) is 22.9. The van der Waals surface area contributed by atoms with E-state index in [0.29, 0.717) is 0 Å². The summed E-state index contributed by atoms with van der Waals surface area (Å²) in [5, 5.41) is 2.41. The van der Waals surface area contributed by atoms with Gasteiger partial charge in [0.25, 0.3) is 10.1 Å². The van der Waals surface area contributed by atoms with Crippen LogP contribution in [0, 0.1) is 0 Å². The molecule has 0 saturated carbocycles. The molecule has 170 valence electrons. The lowest BCUT2D eigenvalue weighted by molar-refractivity contribution is -0.114. The minimum Gasteiger partial charge on any atom is -0.414 e. The van der Waals surface area contributed by atoms with Crippen LogP contribution < -0.4 is 11.0 Å². The summed E-state index contributed by atoms with van der Waals surface area (Å²) in [5.74, 6) is -0.218. The van der Waals surface area contributed by atoms with Crippen molar-refractivity contribution in [3.63, 3.8) is 0 Å². The molecule has 0 aromatic carbocycles. The van der Waals surface area contributed by atoms with Gasteiger partial charge in [0.1, 0.15) is 24.3 Å². The second-order valence-corrected chi connectivity index (χ2v) is 15.4. The molecule has 30 heavy (non-hydrogen) atoms. The van der Waals surface area contributed by atoms with Crippen LogP contribution in [0.4, 0.5) is 5.82 Å². The number of aromatic nitrogens is 2. The molecule has 3 atom stereocenters. The van der Waals surface area contributed by atoms with Crippen molar-refractivity contribution in [3.8, 4) is 0 Å². The predicted octanol–water partition coefficient (Wildman–Crippen LogP) is 1.86. The molecule has 0 unspecified atom stereocenters. The number of carbonyl (C=O) groups excluding carboxylic acids is 1. The molecule has 2 rings (SSSR count). The van der Waals surface area contributed by atoms with Gasteiger partial charge in [-0.15, -0.1) is 0 Å². The van der Waals surface area contributed by atoms with E-state index < -0.39 is 42.6 Å². The first-order valence-corrected chi connectivity index (χ1v) is 14.4. The molecule has 1 aliphatic heterocycles. The maximum absolute atomic E-state index is 12.4. The highest BCUT2D eigenvalue weighted by Crippen LogP contribution is 2.38. The number of anilines is 1. The van der Waals surface area contributed by atoms with Crippen LogP contribution in [-0.4, -0.2) is 57.3 Å². The maximum atomic E-state index is 12.4. The molecule has 1 fully saturated rings. The number of hydrogen-bond donors (Lipinski definition) is 1. The largest absolute Gasteiger partial charge is 0.414 e. The van der Waals surface area contributed by atoms with Crippen molar-refractivity contribution < 1.29 is 26.6 Å². The fourth-order valence-electron chi connectivity index (χ4n) is 2.74. The number of carbonyl (C=O) groups is 1. The van der Waals surface area contributed by atoms with Gasteiger partial charge in [-0.25, -0.2) is 4.79 Å². The number of ether oxygens (including phenoxy) is 1. The summed E-state index contributed by atoms with van der Waals surface area (Å²) in [5.41, 5.74) is -0.629. The van der Waals surface area contributed by atoms with E-state index in [1.165, 1.54) is 23.8 Å². The summed E-state index contributed by atoms with van der Waals surface area (Å²) in [6, 6.07) is 1.47. The third kappa shape index (κ3) is 6.45. The van der Waals surface area contributed by atoms with Gasteiger partial charge >= 0.3 is 5.69 Å². The van der Waals surface area contributed by atoms with Crippen molar-refractivity contribution in [3.05, 3.63) is 22.7 Å². The summed E-state index contributed by atoms with van der Waals surface area (Å²) in [6.45, 7) is 11.9. The highest BCUT2D eigenvalue weighted by Gasteiger charge is 2.43. The van der Waals surface area contributed by atoms with Crippen LogP contribution in [0.1, 0.15) is 40.3 Å². The molecular weight excluding hydrogens is 430 g/mol. The van der Waals surface area contributed by atoms with E-state index in [9.17, 15) is 18.0 Å². The molecule has 0 bridgehead atoms. The smallest absolute Gasteiger partial charge is 0.351 e. The number of hydrogen-bond acceptors (Lipinski definition) is 8. The van der Waals surface area contributed by atoms with Gasteiger partial charge < -0.3 is 14.5 Å². The Morgan fingerprint density at radius 1 is 1.40 bits per heavy atom. The van der Waals surface area contributed by atoms with Crippen LogP contribution in [0.2, 0.25) is 18.1 Å². The van der Waals surface area contributed by atoms with Crippen LogP contribution in [0.5, 0.6) is 0 Å². The number of rotatable bonds is 7. The Kier molecular flexibility index (Phi) is 7.29. The zero-order valence-corrected chi connectivity index (χ0v) is 20.3. The molecular formula is C18H31N3O7SSi. The first kappa shape index (κ1) is 24.7. The highest BCUT2D eigenvalue weighted by atomic mass is 32.2. The summed E-state index contributed by atoms with van der Waals surface area (Å²) < 4.78 is 42.1. The Morgan fingerprint density at radius 3 is 2.53 bits per heavy atom. The average Bonchev–Trinajstić information content (AvgIpc) is 2.92. The predicted molar refractivity (Wildman–Crippen MR) is 114 cm³/mol. The van der Waals surface area contributed by atoms with E-state index in [0.717, 1.165) is 6.26 Å². The second kappa shape index (κ2) is 8.87. The average molecular weight is 462 g/mol. The Bertz CT molecular complexity index is 940. The molecule has 1 N–H and O–H groups in total. The van der Waals surface area contributed by atoms with Gasteiger partial charge in [0, 0.05) is 19.5 Å². The molecule has 1 aromatic rings. The molecule has 1 amide bonds. The Morgan fingerprint density at radius 2 is 2.03 bits per heavy atom. The van der Waals surface area contributed by atoms with E-state index in [2.05, 4.69) is 44.2 Å². The van der Waals surface area contributed by atoms with Crippen LogP contribution in [0.3, 0.4) is 0 Å². The zero-order valence-electron chi connectivity index (χ0n) is 18.5. The van der Waals surface area contributed by atoms with Crippen LogP contribution in [-0.2, 0) is 28.3 Å². The Hall–Kier alpha value is -1.60. The molecule has 10 nitrogen and oxygen atoms in total. The lowest BCUT2D eigenvalue weighted by Gasteiger charge is -2.37. The normalized spacial score (nSPS) is 22.8. The number of nitrogens with zero attached hydrogens (tertiary/aromatic N) is 2. The van der Waals surface area contributed by atoms with Gasteiger partial charge in [-0.3, -0.25) is 13.5 Å². The van der Waals surface area contributed by atoms with Crippen molar-refractivity contribution in [2.24, 2.45) is 0 Å². The van der Waals surface area contributed by atoms with Gasteiger partial charge in [0.15, 0.2) is 8.32 Å². The Balaban J connectivity index is 2.22. The third-order valence-electron chi connectivity index (χ3n) is 5.34. The van der Waals surface area contributed by atoms with E-state index in [4.69, 9.17) is 13.3 Å². The maximum Gasteiger partial charge on any atom is 0.351 e. The molecule has 0 radical (unpaired) electrons. The van der Waals surface area contributed by atoms with Crippen molar-refractivity contribution in [2.45, 2.75) is 70.7 Å². The second-order valence-electron chi connectivity index (χ2n) is 8.96. The molecule has 1 aliphatic rings. The van der Waals surface area contributed by atoms with Crippen molar-refractivity contribution in [1.29, 1.82) is 0 Å². The monoisotopic (exact) mass is 461 g/mol. The van der Waals surface area contributed by atoms with Gasteiger partial charge in [0.05, 0.1) is 12.9 Å². The summed E-state index contributed by atoms with van der Waals surface area (Å²) in [7, 11) is -5.84. The summed E-state index contributed by atoms with van der Waals surface area (Å²) in [6.07, 6.45) is 0.329.